The first-order valence-corrected chi connectivity index (χ1v) is 8.75. The minimum absolute atomic E-state index is 0.0792. The monoisotopic (exact) mass is 402 g/mol. The molecule has 0 saturated carbocycles. The highest BCUT2D eigenvalue weighted by Crippen LogP contribution is 2.32. The quantitative estimate of drug-likeness (QED) is 0.521. The van der Waals surface area contributed by atoms with Crippen LogP contribution in [0.15, 0.2) is 21.6 Å². The molecule has 1 saturated heterocycles. The average Bonchev–Trinajstić information content (AvgIpc) is 2.94. The Bertz CT molecular complexity index is 567. The van der Waals surface area contributed by atoms with Crippen LogP contribution in [0.4, 0.5) is 0 Å². The van der Waals surface area contributed by atoms with Gasteiger partial charge in [0.15, 0.2) is 5.69 Å². The van der Waals surface area contributed by atoms with Gasteiger partial charge in [0, 0.05) is 29.2 Å². The van der Waals surface area contributed by atoms with Crippen LogP contribution < -0.4 is 11.2 Å². The van der Waals surface area contributed by atoms with Crippen molar-refractivity contribution in [2.45, 2.75) is 35.6 Å². The highest BCUT2D eigenvalue weighted by molar-refractivity contribution is 9.10. The molecular formula is C14H19BrN4O3S. The van der Waals surface area contributed by atoms with E-state index in [2.05, 4.69) is 32.5 Å². The van der Waals surface area contributed by atoms with Crippen LogP contribution in [0.3, 0.4) is 0 Å². The van der Waals surface area contributed by atoms with Gasteiger partial charge in [-0.1, -0.05) is 11.8 Å². The predicted octanol–water partition coefficient (Wildman–Crippen LogP) is 1.42. The molecule has 0 radical (unpaired) electrons. The summed E-state index contributed by atoms with van der Waals surface area (Å²) in [4.78, 5) is 10.1. The van der Waals surface area contributed by atoms with Crippen molar-refractivity contribution in [2.75, 3.05) is 20.2 Å². The summed E-state index contributed by atoms with van der Waals surface area (Å²) in [7, 11) is 1.59. The van der Waals surface area contributed by atoms with E-state index in [0.29, 0.717) is 23.7 Å². The third-order valence-electron chi connectivity index (χ3n) is 3.39. The fraction of sp³-hybridized carbons (Fsp3) is 0.571. The second-order valence-corrected chi connectivity index (χ2v) is 7.01. The fourth-order valence-electron chi connectivity index (χ4n) is 2.06. The largest absolute Gasteiger partial charge is 0.376 e. The summed E-state index contributed by atoms with van der Waals surface area (Å²) in [6.07, 6.45) is 1.07. The Morgan fingerprint density at radius 1 is 1.70 bits per heavy atom. The molecule has 1 aromatic heterocycles. The van der Waals surface area contributed by atoms with Gasteiger partial charge in [-0.3, -0.25) is 4.84 Å². The van der Waals surface area contributed by atoms with Gasteiger partial charge in [0.25, 0.3) is 0 Å². The molecule has 7 nitrogen and oxygen atoms in total. The number of nitrogens with one attached hydrogen (secondary N) is 1. The number of nitrogens with two attached hydrogens (primary N) is 1. The topological polar surface area (TPSA) is 102 Å². The lowest BCUT2D eigenvalue weighted by atomic mass is 10.2. The zero-order valence-electron chi connectivity index (χ0n) is 12.9. The predicted molar refractivity (Wildman–Crippen MR) is 89.6 cm³/mol. The Morgan fingerprint density at radius 2 is 2.48 bits per heavy atom. The minimum atomic E-state index is -0.385. The van der Waals surface area contributed by atoms with E-state index in [-0.39, 0.29) is 23.7 Å². The molecule has 0 aliphatic carbocycles. The molecule has 0 aromatic carbocycles. The molecule has 1 aliphatic rings. The van der Waals surface area contributed by atoms with Crippen molar-refractivity contribution in [1.29, 1.82) is 5.26 Å². The summed E-state index contributed by atoms with van der Waals surface area (Å²) in [6.45, 7) is 2.81. The minimum Gasteiger partial charge on any atom is -0.376 e. The van der Waals surface area contributed by atoms with E-state index in [1.807, 2.05) is 13.0 Å². The smallest absolute Gasteiger partial charge is 0.154 e. The molecule has 0 spiro atoms. The Labute approximate surface area is 147 Å². The van der Waals surface area contributed by atoms with Crippen LogP contribution in [0.1, 0.15) is 12.6 Å². The van der Waals surface area contributed by atoms with E-state index in [0.717, 1.165) is 4.47 Å². The van der Waals surface area contributed by atoms with Gasteiger partial charge in [0.2, 0.25) is 0 Å². The van der Waals surface area contributed by atoms with Crippen molar-refractivity contribution in [3.05, 3.63) is 22.4 Å². The van der Waals surface area contributed by atoms with Crippen molar-refractivity contribution >= 4 is 27.7 Å². The lowest BCUT2D eigenvalue weighted by molar-refractivity contribution is -0.0651. The van der Waals surface area contributed by atoms with Gasteiger partial charge in [-0.15, -0.1) is 0 Å². The second kappa shape index (κ2) is 8.94. The van der Waals surface area contributed by atoms with Crippen LogP contribution in [0.5, 0.6) is 0 Å². The number of hydrogen-bond donors (Lipinski definition) is 2. The zero-order valence-corrected chi connectivity index (χ0v) is 15.3. The van der Waals surface area contributed by atoms with Crippen LogP contribution >= 0.6 is 27.7 Å². The van der Waals surface area contributed by atoms with Crippen molar-refractivity contribution in [1.82, 2.24) is 10.5 Å². The first-order valence-electron chi connectivity index (χ1n) is 7.08. The zero-order chi connectivity index (χ0) is 16.8. The Morgan fingerprint density at radius 3 is 3.04 bits per heavy atom. The van der Waals surface area contributed by atoms with Gasteiger partial charge >= 0.3 is 0 Å². The number of pyridine rings is 1. The molecule has 3 unspecified atom stereocenters. The van der Waals surface area contributed by atoms with Gasteiger partial charge in [0.1, 0.15) is 29.8 Å². The second-order valence-electron chi connectivity index (χ2n) is 4.95. The van der Waals surface area contributed by atoms with E-state index < -0.39 is 0 Å². The van der Waals surface area contributed by atoms with Crippen molar-refractivity contribution < 1.29 is 14.3 Å². The third kappa shape index (κ3) is 4.87. The van der Waals surface area contributed by atoms with Crippen molar-refractivity contribution in [3.63, 3.8) is 0 Å². The van der Waals surface area contributed by atoms with Gasteiger partial charge < -0.3 is 15.2 Å². The molecule has 0 bridgehead atoms. The maximum atomic E-state index is 9.23. The Kier molecular flexibility index (Phi) is 7.23. The summed E-state index contributed by atoms with van der Waals surface area (Å²) in [6, 6.07) is 3.92. The number of aromatic nitrogens is 1. The Hall–Kier alpha value is -0.730. The maximum Gasteiger partial charge on any atom is 0.154 e. The molecule has 1 fully saturated rings. The highest BCUT2D eigenvalue weighted by Gasteiger charge is 2.32. The van der Waals surface area contributed by atoms with Crippen LogP contribution in [-0.2, 0) is 14.3 Å². The SMILES string of the molecule is CO[C@@H](CN)C(OC1CNOC1C)Sc1cc(Br)cnc1C#N. The summed E-state index contributed by atoms with van der Waals surface area (Å²) in [5.74, 6) is 0. The average molecular weight is 403 g/mol. The number of thioether (sulfide) groups is 1. The fourth-order valence-corrected chi connectivity index (χ4v) is 3.77. The number of ether oxygens (including phenoxy) is 2. The summed E-state index contributed by atoms with van der Waals surface area (Å²) in [5.41, 5.74) is 8.57. The first-order chi connectivity index (χ1) is 11.1. The molecule has 23 heavy (non-hydrogen) atoms. The number of hydrogen-bond acceptors (Lipinski definition) is 8. The molecule has 2 rings (SSSR count). The van der Waals surface area contributed by atoms with Gasteiger partial charge in [-0.2, -0.15) is 10.7 Å². The number of hydroxylamine groups is 1. The Balaban J connectivity index is 2.20. The maximum absolute atomic E-state index is 9.23. The lowest BCUT2D eigenvalue weighted by Crippen LogP contribution is -2.40. The summed E-state index contributed by atoms with van der Waals surface area (Å²) >= 11 is 4.75. The van der Waals surface area contributed by atoms with Gasteiger partial charge in [0.05, 0.1) is 6.54 Å². The van der Waals surface area contributed by atoms with E-state index >= 15 is 0 Å². The molecule has 3 N–H and O–H groups in total. The molecular weight excluding hydrogens is 384 g/mol. The van der Waals surface area contributed by atoms with E-state index in [1.165, 1.54) is 11.8 Å². The number of nitrogens with zero attached hydrogens (tertiary/aromatic N) is 2. The molecule has 9 heteroatoms. The molecule has 0 amide bonds. The number of methoxy groups -OCH3 is 1. The number of rotatable bonds is 7. The molecule has 2 heterocycles. The van der Waals surface area contributed by atoms with Crippen molar-refractivity contribution in [2.24, 2.45) is 5.73 Å². The lowest BCUT2D eigenvalue weighted by Gasteiger charge is -2.28. The van der Waals surface area contributed by atoms with E-state index in [1.54, 1.807) is 13.3 Å². The number of nitriles is 1. The molecule has 1 aliphatic heterocycles. The van der Waals surface area contributed by atoms with E-state index in [4.69, 9.17) is 20.0 Å². The van der Waals surface area contributed by atoms with Crippen LogP contribution in [-0.4, -0.2) is 48.9 Å². The van der Waals surface area contributed by atoms with E-state index in [9.17, 15) is 5.26 Å². The van der Waals surface area contributed by atoms with Gasteiger partial charge in [-0.25, -0.2) is 4.98 Å². The number of halogens is 1. The molecule has 1 aromatic rings. The summed E-state index contributed by atoms with van der Waals surface area (Å²) in [5, 5.41) is 9.23. The normalized spacial score (nSPS) is 23.4. The summed E-state index contributed by atoms with van der Waals surface area (Å²) < 4.78 is 12.4. The van der Waals surface area contributed by atoms with Crippen LogP contribution in [0.2, 0.25) is 0 Å². The van der Waals surface area contributed by atoms with Gasteiger partial charge in [-0.05, 0) is 28.9 Å². The van der Waals surface area contributed by atoms with Crippen molar-refractivity contribution in [3.8, 4) is 6.07 Å². The van der Waals surface area contributed by atoms with Crippen LogP contribution in [0, 0.1) is 11.3 Å². The standard InChI is InChI=1S/C14H19BrN4O3S/c1-8-12(7-19-22-8)21-14(11(5-17)20-2)23-13-3-9(15)6-18-10(13)4-16/h3,6,8,11-12,14,19H,5,7,17H2,1-2H3/t8?,11-,12?,14?/m0/s1. The third-order valence-corrected chi connectivity index (χ3v) is 5.04. The van der Waals surface area contributed by atoms with Crippen LogP contribution in [0.25, 0.3) is 0 Å². The first kappa shape index (κ1) is 18.6. The highest BCUT2D eigenvalue weighted by atomic mass is 79.9. The molecule has 4 atom stereocenters. The molecule has 126 valence electrons.